The number of aryl methyl sites for hydroxylation is 1. The monoisotopic (exact) mass is 230 g/mol. The second kappa shape index (κ2) is 3.49. The highest BCUT2D eigenvalue weighted by Crippen LogP contribution is 2.22. The third kappa shape index (κ3) is 1.39. The summed E-state index contributed by atoms with van der Waals surface area (Å²) in [6.07, 6.45) is 0. The molecule has 0 radical (unpaired) electrons. The van der Waals surface area contributed by atoms with Gasteiger partial charge in [0.05, 0.1) is 12.1 Å². The fourth-order valence-corrected chi connectivity index (χ4v) is 2.11. The lowest BCUT2D eigenvalue weighted by Crippen LogP contribution is -2.03. The van der Waals surface area contributed by atoms with Crippen LogP contribution in [-0.2, 0) is 6.54 Å². The van der Waals surface area contributed by atoms with Crippen LogP contribution in [0.15, 0.2) is 24.3 Å². The Morgan fingerprint density at radius 1 is 1.29 bits per heavy atom. The molecule has 0 aliphatic rings. The number of rotatable bonds is 1. The van der Waals surface area contributed by atoms with Crippen LogP contribution < -0.4 is 5.73 Å². The second-order valence-electron chi connectivity index (χ2n) is 4.00. The third-order valence-electron chi connectivity index (χ3n) is 2.91. The minimum Gasteiger partial charge on any atom is -0.324 e. The summed E-state index contributed by atoms with van der Waals surface area (Å²) in [4.78, 5) is 0. The molecule has 4 nitrogen and oxygen atoms in total. The van der Waals surface area contributed by atoms with Gasteiger partial charge in [-0.3, -0.25) is 4.40 Å². The van der Waals surface area contributed by atoms with Crippen molar-refractivity contribution in [1.29, 1.82) is 0 Å². The number of benzene rings is 1. The highest BCUT2D eigenvalue weighted by Gasteiger charge is 2.10. The number of halogens is 1. The molecule has 3 aromatic rings. The number of fused-ring (bicyclic) bond motifs is 3. The van der Waals surface area contributed by atoms with Gasteiger partial charge in [0.25, 0.3) is 0 Å². The predicted octanol–water partition coefficient (Wildman–Crippen LogP) is 1.79. The smallest absolute Gasteiger partial charge is 0.161 e. The molecule has 0 atom stereocenters. The van der Waals surface area contributed by atoms with Gasteiger partial charge in [0, 0.05) is 5.39 Å². The van der Waals surface area contributed by atoms with Gasteiger partial charge in [-0.1, -0.05) is 0 Å². The summed E-state index contributed by atoms with van der Waals surface area (Å²) in [7, 11) is 0. The van der Waals surface area contributed by atoms with Crippen molar-refractivity contribution < 1.29 is 4.39 Å². The highest BCUT2D eigenvalue weighted by molar-refractivity contribution is 5.85. The van der Waals surface area contributed by atoms with E-state index in [4.69, 9.17) is 5.73 Å². The molecule has 0 bridgehead atoms. The van der Waals surface area contributed by atoms with E-state index in [1.807, 2.05) is 17.4 Å². The molecule has 5 heteroatoms. The molecule has 0 saturated heterocycles. The fraction of sp³-hybridized carbons (Fsp3) is 0.167. The molecule has 0 saturated carbocycles. The van der Waals surface area contributed by atoms with Crippen LogP contribution in [0.1, 0.15) is 11.4 Å². The molecular formula is C12H11FN4. The summed E-state index contributed by atoms with van der Waals surface area (Å²) in [6.45, 7) is 2.23. The van der Waals surface area contributed by atoms with E-state index < -0.39 is 0 Å². The van der Waals surface area contributed by atoms with Crippen molar-refractivity contribution in [3.05, 3.63) is 41.5 Å². The van der Waals surface area contributed by atoms with Crippen LogP contribution in [0.25, 0.3) is 16.6 Å². The number of nitrogens with zero attached hydrogens (tertiary/aromatic N) is 3. The molecule has 0 fully saturated rings. The Morgan fingerprint density at radius 2 is 2.12 bits per heavy atom. The van der Waals surface area contributed by atoms with Crippen LogP contribution in [0.2, 0.25) is 0 Å². The maximum atomic E-state index is 13.3. The average Bonchev–Trinajstić information content (AvgIpc) is 2.72. The van der Waals surface area contributed by atoms with Gasteiger partial charge in [0.1, 0.15) is 5.82 Å². The second-order valence-corrected chi connectivity index (χ2v) is 4.00. The van der Waals surface area contributed by atoms with Gasteiger partial charge in [-0.25, -0.2) is 4.39 Å². The molecule has 0 spiro atoms. The molecule has 0 amide bonds. The zero-order chi connectivity index (χ0) is 12.0. The van der Waals surface area contributed by atoms with Gasteiger partial charge in [0.15, 0.2) is 11.5 Å². The van der Waals surface area contributed by atoms with Crippen molar-refractivity contribution in [3.8, 4) is 0 Å². The van der Waals surface area contributed by atoms with E-state index in [9.17, 15) is 4.39 Å². The SMILES string of the molecule is Cc1cc2nnc(CN)n2c2ccc(F)cc12. The van der Waals surface area contributed by atoms with E-state index in [0.717, 1.165) is 22.1 Å². The van der Waals surface area contributed by atoms with Crippen molar-refractivity contribution >= 4 is 16.6 Å². The van der Waals surface area contributed by atoms with E-state index in [1.165, 1.54) is 12.1 Å². The van der Waals surface area contributed by atoms with Crippen LogP contribution >= 0.6 is 0 Å². The first-order valence-corrected chi connectivity index (χ1v) is 5.33. The first kappa shape index (κ1) is 10.2. The summed E-state index contributed by atoms with van der Waals surface area (Å²) in [5, 5.41) is 8.94. The lowest BCUT2D eigenvalue weighted by Gasteiger charge is -2.06. The quantitative estimate of drug-likeness (QED) is 0.693. The highest BCUT2D eigenvalue weighted by atomic mass is 19.1. The molecule has 86 valence electrons. The summed E-state index contributed by atoms with van der Waals surface area (Å²) in [5.74, 6) is 0.430. The van der Waals surface area contributed by atoms with E-state index in [0.29, 0.717) is 12.4 Å². The van der Waals surface area contributed by atoms with Crippen molar-refractivity contribution in [3.63, 3.8) is 0 Å². The Morgan fingerprint density at radius 3 is 2.88 bits per heavy atom. The topological polar surface area (TPSA) is 56.2 Å². The van der Waals surface area contributed by atoms with Gasteiger partial charge in [0.2, 0.25) is 0 Å². The maximum Gasteiger partial charge on any atom is 0.161 e. The molecule has 2 aromatic heterocycles. The molecule has 1 aromatic carbocycles. The summed E-state index contributed by atoms with van der Waals surface area (Å²) >= 11 is 0. The minimum atomic E-state index is -0.248. The molecule has 3 rings (SSSR count). The fourth-order valence-electron chi connectivity index (χ4n) is 2.11. The number of pyridine rings is 1. The molecule has 2 N–H and O–H groups in total. The van der Waals surface area contributed by atoms with E-state index in [-0.39, 0.29) is 5.82 Å². The predicted molar refractivity (Wildman–Crippen MR) is 63.1 cm³/mol. The van der Waals surface area contributed by atoms with Gasteiger partial charge in [-0.05, 0) is 36.8 Å². The Labute approximate surface area is 96.9 Å². The molecule has 2 heterocycles. The maximum absolute atomic E-state index is 13.3. The average molecular weight is 230 g/mol. The van der Waals surface area contributed by atoms with Crippen LogP contribution in [-0.4, -0.2) is 14.6 Å². The van der Waals surface area contributed by atoms with Crippen molar-refractivity contribution in [2.75, 3.05) is 0 Å². The van der Waals surface area contributed by atoms with Crippen molar-refractivity contribution in [2.45, 2.75) is 13.5 Å². The van der Waals surface area contributed by atoms with Gasteiger partial charge in [-0.15, -0.1) is 10.2 Å². The van der Waals surface area contributed by atoms with Crippen LogP contribution in [0.4, 0.5) is 4.39 Å². The van der Waals surface area contributed by atoms with Gasteiger partial charge in [-0.2, -0.15) is 0 Å². The minimum absolute atomic E-state index is 0.248. The third-order valence-corrected chi connectivity index (χ3v) is 2.91. The summed E-state index contributed by atoms with van der Waals surface area (Å²) < 4.78 is 15.1. The summed E-state index contributed by atoms with van der Waals surface area (Å²) in [5.41, 5.74) is 8.22. The Balaban J connectivity index is 2.56. The van der Waals surface area contributed by atoms with Crippen LogP contribution in [0.3, 0.4) is 0 Å². The van der Waals surface area contributed by atoms with E-state index in [2.05, 4.69) is 10.2 Å². The first-order valence-electron chi connectivity index (χ1n) is 5.33. The lowest BCUT2D eigenvalue weighted by atomic mass is 10.1. The standard InChI is InChI=1S/C12H11FN4/c1-7-4-11-15-16-12(6-14)17(11)10-3-2-8(13)5-9(7)10/h2-5H,6,14H2,1H3. The largest absolute Gasteiger partial charge is 0.324 e. The molecule has 0 aliphatic carbocycles. The van der Waals surface area contributed by atoms with E-state index >= 15 is 0 Å². The number of nitrogens with two attached hydrogens (primary N) is 1. The molecule has 17 heavy (non-hydrogen) atoms. The number of hydrogen-bond acceptors (Lipinski definition) is 3. The molecule has 0 aliphatic heterocycles. The van der Waals surface area contributed by atoms with Gasteiger partial charge >= 0.3 is 0 Å². The number of hydrogen-bond donors (Lipinski definition) is 1. The molecular weight excluding hydrogens is 219 g/mol. The Hall–Kier alpha value is -2.01. The number of aromatic nitrogens is 3. The zero-order valence-electron chi connectivity index (χ0n) is 9.31. The van der Waals surface area contributed by atoms with Crippen molar-refractivity contribution in [2.24, 2.45) is 5.73 Å². The Kier molecular flexibility index (Phi) is 2.09. The van der Waals surface area contributed by atoms with Crippen LogP contribution in [0, 0.1) is 12.7 Å². The summed E-state index contributed by atoms with van der Waals surface area (Å²) in [6, 6.07) is 6.56. The normalized spacial score (nSPS) is 11.5. The first-order chi connectivity index (χ1) is 8.20. The lowest BCUT2D eigenvalue weighted by molar-refractivity contribution is 0.629. The van der Waals surface area contributed by atoms with Crippen LogP contribution in [0.5, 0.6) is 0 Å². The molecule has 0 unspecified atom stereocenters. The Bertz CT molecular complexity index is 717. The van der Waals surface area contributed by atoms with E-state index in [1.54, 1.807) is 6.07 Å². The van der Waals surface area contributed by atoms with Crippen molar-refractivity contribution in [1.82, 2.24) is 14.6 Å². The van der Waals surface area contributed by atoms with Gasteiger partial charge < -0.3 is 5.73 Å². The zero-order valence-corrected chi connectivity index (χ0v) is 9.31.